The number of nitrogens with one attached hydrogen (secondary N) is 1. The Kier molecular flexibility index (Phi) is 5.16. The minimum Gasteiger partial charge on any atom is -0.369 e. The van der Waals surface area contributed by atoms with Crippen molar-refractivity contribution >= 4 is 28.9 Å². The first-order valence-electron chi connectivity index (χ1n) is 7.58. The fourth-order valence-electron chi connectivity index (χ4n) is 2.62. The summed E-state index contributed by atoms with van der Waals surface area (Å²) >= 11 is 12.4. The second-order valence-electron chi connectivity index (χ2n) is 5.38. The smallest absolute Gasteiger partial charge is 0.162 e. The van der Waals surface area contributed by atoms with Crippen LogP contribution in [0.3, 0.4) is 0 Å². The van der Waals surface area contributed by atoms with E-state index >= 15 is 0 Å². The lowest BCUT2D eigenvalue weighted by Crippen LogP contribution is -2.43. The van der Waals surface area contributed by atoms with Crippen LogP contribution in [0.25, 0.3) is 11.4 Å². The molecule has 1 saturated heterocycles. The Labute approximate surface area is 146 Å². The fourth-order valence-corrected chi connectivity index (χ4v) is 3.16. The zero-order valence-electron chi connectivity index (χ0n) is 12.7. The van der Waals surface area contributed by atoms with Crippen LogP contribution in [-0.2, 0) is 6.42 Å². The molecule has 1 aromatic carbocycles. The van der Waals surface area contributed by atoms with Gasteiger partial charge in [0, 0.05) is 43.0 Å². The predicted molar refractivity (Wildman–Crippen MR) is 96.5 cm³/mol. The normalized spacial score (nSPS) is 14.8. The van der Waals surface area contributed by atoms with E-state index in [4.69, 9.17) is 23.2 Å². The number of anilines is 1. The number of allylic oxidation sites excluding steroid dienone is 1. The van der Waals surface area contributed by atoms with Gasteiger partial charge in [-0.1, -0.05) is 29.3 Å². The van der Waals surface area contributed by atoms with Crippen LogP contribution in [0.1, 0.15) is 5.56 Å². The van der Waals surface area contributed by atoms with Crippen LogP contribution in [0.2, 0.25) is 10.3 Å². The molecule has 120 valence electrons. The number of aromatic nitrogens is 2. The second kappa shape index (κ2) is 7.30. The van der Waals surface area contributed by atoms with E-state index in [2.05, 4.69) is 38.9 Å². The lowest BCUT2D eigenvalue weighted by atomic mass is 10.1. The highest BCUT2D eigenvalue weighted by Crippen LogP contribution is 2.27. The Balaban J connectivity index is 1.85. The summed E-state index contributed by atoms with van der Waals surface area (Å²) < 4.78 is 0. The maximum Gasteiger partial charge on any atom is 0.162 e. The van der Waals surface area contributed by atoms with Gasteiger partial charge in [-0.3, -0.25) is 0 Å². The number of hydrogen-bond donors (Lipinski definition) is 1. The maximum absolute atomic E-state index is 6.22. The third kappa shape index (κ3) is 3.66. The topological polar surface area (TPSA) is 41.1 Å². The zero-order chi connectivity index (χ0) is 16.2. The highest BCUT2D eigenvalue weighted by molar-refractivity contribution is 6.34. The van der Waals surface area contributed by atoms with Crippen molar-refractivity contribution in [2.24, 2.45) is 0 Å². The summed E-state index contributed by atoms with van der Waals surface area (Å²) in [5.74, 6) is 0.541. The minimum atomic E-state index is 0.381. The van der Waals surface area contributed by atoms with Crippen LogP contribution in [0.4, 0.5) is 5.69 Å². The molecule has 0 bridgehead atoms. The first-order valence-corrected chi connectivity index (χ1v) is 8.33. The quantitative estimate of drug-likeness (QED) is 0.677. The Bertz CT molecular complexity index is 671. The lowest BCUT2D eigenvalue weighted by molar-refractivity contribution is 0.589. The van der Waals surface area contributed by atoms with Crippen LogP contribution in [0.15, 0.2) is 36.9 Å². The van der Waals surface area contributed by atoms with Gasteiger partial charge in [-0.05, 0) is 30.7 Å². The standard InChI is InChI=1S/C17H18Cl2N4/c1-2-3-14-15(18)21-17(22-16(14)19)12-4-6-13(7-5-12)23-10-8-20-9-11-23/h2,4-7,20H,1,3,8-11H2. The molecular formula is C17H18Cl2N4. The van der Waals surface area contributed by atoms with Gasteiger partial charge < -0.3 is 10.2 Å². The first kappa shape index (κ1) is 16.2. The van der Waals surface area contributed by atoms with Crippen molar-refractivity contribution in [3.05, 3.63) is 52.8 Å². The van der Waals surface area contributed by atoms with E-state index < -0.39 is 0 Å². The molecule has 2 heterocycles. The number of rotatable bonds is 4. The molecule has 1 N–H and O–H groups in total. The van der Waals surface area contributed by atoms with Crippen LogP contribution in [0.5, 0.6) is 0 Å². The molecule has 1 fully saturated rings. The van der Waals surface area contributed by atoms with Gasteiger partial charge in [0.1, 0.15) is 10.3 Å². The van der Waals surface area contributed by atoms with Crippen molar-refractivity contribution in [3.8, 4) is 11.4 Å². The summed E-state index contributed by atoms with van der Waals surface area (Å²) in [6.45, 7) is 7.76. The molecule has 0 unspecified atom stereocenters. The second-order valence-corrected chi connectivity index (χ2v) is 6.10. The molecule has 0 saturated carbocycles. The summed E-state index contributed by atoms with van der Waals surface area (Å²) in [5.41, 5.74) is 2.82. The van der Waals surface area contributed by atoms with Crippen molar-refractivity contribution < 1.29 is 0 Å². The van der Waals surface area contributed by atoms with E-state index in [-0.39, 0.29) is 0 Å². The summed E-state index contributed by atoms with van der Waals surface area (Å²) in [6.07, 6.45) is 2.29. The molecule has 3 rings (SSSR count). The van der Waals surface area contributed by atoms with E-state index in [1.54, 1.807) is 6.08 Å². The van der Waals surface area contributed by atoms with Crippen molar-refractivity contribution in [2.45, 2.75) is 6.42 Å². The monoisotopic (exact) mass is 348 g/mol. The van der Waals surface area contributed by atoms with E-state index in [1.807, 2.05) is 12.1 Å². The van der Waals surface area contributed by atoms with Gasteiger partial charge in [0.05, 0.1) is 0 Å². The number of piperazine rings is 1. The Morgan fingerprint density at radius 1 is 1.09 bits per heavy atom. The van der Waals surface area contributed by atoms with Crippen molar-refractivity contribution in [3.63, 3.8) is 0 Å². The van der Waals surface area contributed by atoms with E-state index in [0.717, 1.165) is 31.7 Å². The molecule has 23 heavy (non-hydrogen) atoms. The SMILES string of the molecule is C=CCc1c(Cl)nc(-c2ccc(N3CCNCC3)cc2)nc1Cl. The number of halogens is 2. The van der Waals surface area contributed by atoms with Crippen molar-refractivity contribution in [1.29, 1.82) is 0 Å². The van der Waals surface area contributed by atoms with Gasteiger partial charge in [-0.15, -0.1) is 6.58 Å². The predicted octanol–water partition coefficient (Wildman–Crippen LogP) is 3.59. The zero-order valence-corrected chi connectivity index (χ0v) is 14.2. The highest BCUT2D eigenvalue weighted by atomic mass is 35.5. The Morgan fingerprint density at radius 2 is 1.70 bits per heavy atom. The largest absolute Gasteiger partial charge is 0.369 e. The molecule has 0 atom stereocenters. The average molecular weight is 349 g/mol. The lowest BCUT2D eigenvalue weighted by Gasteiger charge is -2.29. The summed E-state index contributed by atoms with van der Waals surface area (Å²) in [7, 11) is 0. The van der Waals surface area contributed by atoms with E-state index in [9.17, 15) is 0 Å². The molecule has 0 spiro atoms. The van der Waals surface area contributed by atoms with Crippen LogP contribution in [-0.4, -0.2) is 36.1 Å². The molecular weight excluding hydrogens is 331 g/mol. The third-order valence-corrected chi connectivity index (χ3v) is 4.49. The van der Waals surface area contributed by atoms with Crippen LogP contribution < -0.4 is 10.2 Å². The molecule has 0 radical (unpaired) electrons. The molecule has 0 aliphatic carbocycles. The molecule has 2 aromatic rings. The average Bonchev–Trinajstić information content (AvgIpc) is 2.59. The van der Waals surface area contributed by atoms with Gasteiger partial charge in [-0.25, -0.2) is 9.97 Å². The molecule has 1 aromatic heterocycles. The van der Waals surface area contributed by atoms with Gasteiger partial charge >= 0.3 is 0 Å². The van der Waals surface area contributed by atoms with Crippen LogP contribution in [0, 0.1) is 0 Å². The third-order valence-electron chi connectivity index (χ3n) is 3.86. The molecule has 6 heteroatoms. The molecule has 4 nitrogen and oxygen atoms in total. The molecule has 1 aliphatic heterocycles. The van der Waals surface area contributed by atoms with Crippen LogP contribution >= 0.6 is 23.2 Å². The minimum absolute atomic E-state index is 0.381. The first-order chi connectivity index (χ1) is 11.2. The number of nitrogens with zero attached hydrogens (tertiary/aromatic N) is 3. The van der Waals surface area contributed by atoms with Crippen molar-refractivity contribution in [2.75, 3.05) is 31.1 Å². The Hall–Kier alpha value is -1.62. The number of hydrogen-bond acceptors (Lipinski definition) is 4. The van der Waals surface area contributed by atoms with Crippen molar-refractivity contribution in [1.82, 2.24) is 15.3 Å². The fraction of sp³-hybridized carbons (Fsp3) is 0.294. The van der Waals surface area contributed by atoms with E-state index in [0.29, 0.717) is 28.1 Å². The summed E-state index contributed by atoms with van der Waals surface area (Å²) in [5, 5.41) is 4.11. The molecule has 0 amide bonds. The van der Waals surface area contributed by atoms with Gasteiger partial charge in [-0.2, -0.15) is 0 Å². The van der Waals surface area contributed by atoms with Gasteiger partial charge in [0.25, 0.3) is 0 Å². The number of benzene rings is 1. The molecule has 1 aliphatic rings. The Morgan fingerprint density at radius 3 is 2.26 bits per heavy atom. The van der Waals surface area contributed by atoms with Gasteiger partial charge in [0.15, 0.2) is 5.82 Å². The summed E-state index contributed by atoms with van der Waals surface area (Å²) in [6, 6.07) is 8.19. The summed E-state index contributed by atoms with van der Waals surface area (Å²) in [4.78, 5) is 11.1. The van der Waals surface area contributed by atoms with Gasteiger partial charge in [0.2, 0.25) is 0 Å². The maximum atomic E-state index is 6.22. The highest BCUT2D eigenvalue weighted by Gasteiger charge is 2.13. The van der Waals surface area contributed by atoms with E-state index in [1.165, 1.54) is 5.69 Å².